The van der Waals surface area contributed by atoms with Gasteiger partial charge in [-0.05, 0) is 12.5 Å². The van der Waals surface area contributed by atoms with Crippen molar-refractivity contribution in [2.24, 2.45) is 0 Å². The first-order valence-corrected chi connectivity index (χ1v) is 6.25. The van der Waals surface area contributed by atoms with Gasteiger partial charge in [0.25, 0.3) is 0 Å². The molecule has 4 nitrogen and oxygen atoms in total. The van der Waals surface area contributed by atoms with Crippen LogP contribution in [0.3, 0.4) is 0 Å². The first-order chi connectivity index (χ1) is 8.74. The molecule has 0 unspecified atom stereocenters. The van der Waals surface area contributed by atoms with Crippen LogP contribution >= 0.6 is 12.4 Å². The Morgan fingerprint density at radius 1 is 1.26 bits per heavy atom. The number of benzene rings is 1. The normalized spacial score (nSPS) is 17.7. The second kappa shape index (κ2) is 7.53. The fourth-order valence-electron chi connectivity index (χ4n) is 2.45. The number of rotatable bonds is 4. The zero-order valence-corrected chi connectivity index (χ0v) is 11.5. The Morgan fingerprint density at radius 3 is 2.58 bits per heavy atom. The number of alkyl halides is 1. The lowest BCUT2D eigenvalue weighted by molar-refractivity contribution is 0.154. The van der Waals surface area contributed by atoms with Crippen molar-refractivity contribution >= 4 is 12.4 Å². The zero-order chi connectivity index (χ0) is 13.0. The van der Waals surface area contributed by atoms with Gasteiger partial charge >= 0.3 is 0 Å². The van der Waals surface area contributed by atoms with Crippen molar-refractivity contribution in [1.82, 2.24) is 10.2 Å². The molecule has 6 heteroatoms. The Labute approximate surface area is 118 Å². The van der Waals surface area contributed by atoms with E-state index in [0.29, 0.717) is 12.0 Å². The molecule has 1 aromatic carbocycles. The number of hydrogen-bond donors (Lipinski definition) is 3. The van der Waals surface area contributed by atoms with Crippen LogP contribution in [0.2, 0.25) is 0 Å². The molecule has 0 bridgehead atoms. The number of aromatic hydroxyl groups is 2. The molecule has 0 radical (unpaired) electrons. The highest BCUT2D eigenvalue weighted by molar-refractivity contribution is 5.85. The van der Waals surface area contributed by atoms with E-state index in [-0.39, 0.29) is 29.9 Å². The van der Waals surface area contributed by atoms with Crippen LogP contribution in [0, 0.1) is 0 Å². The van der Waals surface area contributed by atoms with Crippen LogP contribution in [-0.2, 0) is 0 Å². The van der Waals surface area contributed by atoms with Gasteiger partial charge < -0.3 is 15.5 Å². The molecule has 0 aliphatic carbocycles. The molecular formula is C13H20ClFN2O2. The van der Waals surface area contributed by atoms with E-state index in [1.807, 2.05) is 0 Å². The van der Waals surface area contributed by atoms with E-state index in [1.165, 1.54) is 6.07 Å². The molecule has 19 heavy (non-hydrogen) atoms. The van der Waals surface area contributed by atoms with Crippen LogP contribution in [0.4, 0.5) is 4.39 Å². The van der Waals surface area contributed by atoms with Gasteiger partial charge in [-0.15, -0.1) is 12.4 Å². The van der Waals surface area contributed by atoms with Crippen LogP contribution in [0.1, 0.15) is 18.0 Å². The van der Waals surface area contributed by atoms with Crippen molar-refractivity contribution in [3.8, 4) is 11.5 Å². The fraction of sp³-hybridized carbons (Fsp3) is 0.538. The molecular weight excluding hydrogens is 271 g/mol. The molecule has 3 N–H and O–H groups in total. The summed E-state index contributed by atoms with van der Waals surface area (Å²) in [5.41, 5.74) is 0.606. The van der Waals surface area contributed by atoms with Crippen molar-refractivity contribution in [2.75, 3.05) is 32.9 Å². The summed E-state index contributed by atoms with van der Waals surface area (Å²) < 4.78 is 12.7. The average molecular weight is 291 g/mol. The number of phenolic OH excluding ortho intramolecular Hbond substituents is 2. The third kappa shape index (κ3) is 3.72. The largest absolute Gasteiger partial charge is 0.504 e. The maximum atomic E-state index is 12.7. The topological polar surface area (TPSA) is 55.7 Å². The van der Waals surface area contributed by atoms with Crippen molar-refractivity contribution in [3.05, 3.63) is 23.8 Å². The third-order valence-corrected chi connectivity index (χ3v) is 3.38. The van der Waals surface area contributed by atoms with E-state index in [2.05, 4.69) is 10.2 Å². The molecule has 1 aromatic rings. The number of nitrogens with one attached hydrogen (secondary N) is 1. The molecule has 1 fully saturated rings. The van der Waals surface area contributed by atoms with Gasteiger partial charge in [-0.25, -0.2) is 0 Å². The summed E-state index contributed by atoms with van der Waals surface area (Å²) in [7, 11) is 0. The summed E-state index contributed by atoms with van der Waals surface area (Å²) in [6, 6.07) is 4.68. The Balaban J connectivity index is 0.00000180. The second-order valence-electron chi connectivity index (χ2n) is 4.49. The highest BCUT2D eigenvalue weighted by Gasteiger charge is 2.25. The monoisotopic (exact) mass is 290 g/mol. The van der Waals surface area contributed by atoms with E-state index in [1.54, 1.807) is 12.1 Å². The molecule has 1 heterocycles. The third-order valence-electron chi connectivity index (χ3n) is 3.38. The lowest BCUT2D eigenvalue weighted by Crippen LogP contribution is -2.45. The predicted molar refractivity (Wildman–Crippen MR) is 74.8 cm³/mol. The summed E-state index contributed by atoms with van der Waals surface area (Å²) >= 11 is 0. The minimum absolute atomic E-state index is 0. The minimum Gasteiger partial charge on any atom is -0.504 e. The van der Waals surface area contributed by atoms with E-state index in [0.717, 1.165) is 26.2 Å². The van der Waals surface area contributed by atoms with E-state index < -0.39 is 6.67 Å². The van der Waals surface area contributed by atoms with Crippen LogP contribution in [-0.4, -0.2) is 48.0 Å². The van der Waals surface area contributed by atoms with E-state index in [9.17, 15) is 14.6 Å². The molecule has 1 atom stereocenters. The Kier molecular flexibility index (Phi) is 6.34. The van der Waals surface area contributed by atoms with Crippen LogP contribution in [0.15, 0.2) is 18.2 Å². The van der Waals surface area contributed by atoms with Crippen molar-refractivity contribution in [2.45, 2.75) is 12.5 Å². The SMILES string of the molecule is Cl.Oc1cccc([C@H](CCF)N2CCNCC2)c1O. The summed E-state index contributed by atoms with van der Waals surface area (Å²) in [6.45, 7) is 2.92. The van der Waals surface area contributed by atoms with Gasteiger partial charge in [-0.3, -0.25) is 9.29 Å². The molecule has 0 amide bonds. The summed E-state index contributed by atoms with van der Waals surface area (Å²) in [5.74, 6) is -0.277. The minimum atomic E-state index is -0.441. The average Bonchev–Trinajstić information content (AvgIpc) is 2.41. The van der Waals surface area contributed by atoms with E-state index in [4.69, 9.17) is 0 Å². The second-order valence-corrected chi connectivity index (χ2v) is 4.49. The van der Waals surface area contributed by atoms with Gasteiger partial charge in [0, 0.05) is 37.8 Å². The molecule has 0 spiro atoms. The first kappa shape index (κ1) is 16.0. The van der Waals surface area contributed by atoms with E-state index >= 15 is 0 Å². The van der Waals surface area contributed by atoms with Gasteiger partial charge in [0.05, 0.1) is 6.67 Å². The lowest BCUT2D eigenvalue weighted by Gasteiger charge is -2.35. The number of halogens is 2. The first-order valence-electron chi connectivity index (χ1n) is 6.25. The van der Waals surface area contributed by atoms with Crippen molar-refractivity contribution in [3.63, 3.8) is 0 Å². The molecule has 0 aromatic heterocycles. The fourth-order valence-corrected chi connectivity index (χ4v) is 2.45. The van der Waals surface area contributed by atoms with Gasteiger partial charge in [-0.2, -0.15) is 0 Å². The molecule has 1 saturated heterocycles. The van der Waals surface area contributed by atoms with Crippen LogP contribution in [0.25, 0.3) is 0 Å². The summed E-state index contributed by atoms with van der Waals surface area (Å²) in [6.07, 6.45) is 0.330. The number of phenols is 2. The smallest absolute Gasteiger partial charge is 0.162 e. The zero-order valence-electron chi connectivity index (χ0n) is 10.7. The number of piperazine rings is 1. The molecule has 1 aliphatic heterocycles. The Bertz CT molecular complexity index is 400. The van der Waals surface area contributed by atoms with Gasteiger partial charge in [0.1, 0.15) is 0 Å². The highest BCUT2D eigenvalue weighted by Crippen LogP contribution is 2.36. The number of para-hydroxylation sites is 1. The van der Waals surface area contributed by atoms with Crippen LogP contribution < -0.4 is 5.32 Å². The lowest BCUT2D eigenvalue weighted by atomic mass is 10.00. The summed E-state index contributed by atoms with van der Waals surface area (Å²) in [5, 5.41) is 22.7. The maximum absolute atomic E-state index is 12.7. The van der Waals surface area contributed by atoms with Crippen molar-refractivity contribution < 1.29 is 14.6 Å². The highest BCUT2D eigenvalue weighted by atomic mass is 35.5. The Hall–Kier alpha value is -1.04. The standard InChI is InChI=1S/C13H19FN2O2.ClH/c14-5-4-11(16-8-6-15-7-9-16)10-2-1-3-12(17)13(10)18;/h1-3,11,15,17-18H,4-9H2;1H/t11-;/m0./s1. The predicted octanol–water partition coefficient (Wildman–Crippen LogP) is 1.83. The summed E-state index contributed by atoms with van der Waals surface area (Å²) in [4.78, 5) is 2.14. The van der Waals surface area contributed by atoms with Crippen molar-refractivity contribution in [1.29, 1.82) is 0 Å². The Morgan fingerprint density at radius 2 is 1.95 bits per heavy atom. The number of nitrogens with zero attached hydrogens (tertiary/aromatic N) is 1. The van der Waals surface area contributed by atoms with Crippen LogP contribution in [0.5, 0.6) is 11.5 Å². The van der Waals surface area contributed by atoms with Gasteiger partial charge in [0.15, 0.2) is 11.5 Å². The quantitative estimate of drug-likeness (QED) is 0.741. The van der Waals surface area contributed by atoms with Gasteiger partial charge in [0.2, 0.25) is 0 Å². The van der Waals surface area contributed by atoms with Gasteiger partial charge in [-0.1, -0.05) is 12.1 Å². The molecule has 0 saturated carbocycles. The maximum Gasteiger partial charge on any atom is 0.162 e. The number of hydrogen-bond acceptors (Lipinski definition) is 4. The molecule has 2 rings (SSSR count). The molecule has 1 aliphatic rings. The molecule has 108 valence electrons.